The summed E-state index contributed by atoms with van der Waals surface area (Å²) < 4.78 is 24.7. The molecule has 0 aliphatic heterocycles. The molecule has 1 aromatic carbocycles. The van der Waals surface area contributed by atoms with Gasteiger partial charge in [-0.05, 0) is 32.9 Å². The first-order chi connectivity index (χ1) is 9.94. The second-order valence-electron chi connectivity index (χ2n) is 5.80. The minimum atomic E-state index is -3.05. The van der Waals surface area contributed by atoms with Gasteiger partial charge in [-0.15, -0.1) is 6.42 Å². The fraction of sp³-hybridized carbons (Fsp3) is 0.400. The van der Waals surface area contributed by atoms with E-state index in [1.165, 1.54) is 24.5 Å². The highest BCUT2D eigenvalue weighted by atomic mass is 32.2. The van der Waals surface area contributed by atoms with Gasteiger partial charge in [0.1, 0.15) is 11.4 Å². The molecule has 1 aromatic rings. The molecule has 1 rings (SSSR count). The summed E-state index contributed by atoms with van der Waals surface area (Å²) in [7, 11) is -3.05. The number of amides is 1. The monoisotopic (exact) mass is 324 g/mol. The molecule has 0 aliphatic carbocycles. The average Bonchev–Trinajstić information content (AvgIpc) is 2.31. The molecule has 0 fully saturated rings. The van der Waals surface area contributed by atoms with Crippen LogP contribution in [0.4, 0.5) is 10.5 Å². The van der Waals surface area contributed by atoms with E-state index in [-0.39, 0.29) is 22.9 Å². The van der Waals surface area contributed by atoms with Crippen molar-refractivity contribution in [2.75, 3.05) is 17.7 Å². The fourth-order valence-corrected chi connectivity index (χ4v) is 2.31. The van der Waals surface area contributed by atoms with Crippen LogP contribution < -0.4 is 4.90 Å². The van der Waals surface area contributed by atoms with Crippen LogP contribution in [0, 0.1) is 17.1 Å². The Kier molecular flexibility index (Phi) is 5.09. The molecule has 0 saturated carbocycles. The van der Waals surface area contributed by atoms with Crippen LogP contribution in [0.1, 0.15) is 20.8 Å². The number of ether oxygens (including phenoxy) is 1. The van der Waals surface area contributed by atoms with E-state index in [0.29, 0.717) is 0 Å². The van der Waals surface area contributed by atoms with Crippen LogP contribution >= 0.6 is 0 Å². The van der Waals surface area contributed by atoms with Crippen molar-refractivity contribution in [1.29, 1.82) is 4.78 Å². The summed E-state index contributed by atoms with van der Waals surface area (Å²) in [4.78, 5) is 13.5. The lowest BCUT2D eigenvalue weighted by Crippen LogP contribution is -2.37. The maximum atomic E-state index is 12.2. The van der Waals surface area contributed by atoms with Crippen LogP contribution in [0.25, 0.3) is 0 Å². The number of hydrogen-bond acceptors (Lipinski definition) is 5. The van der Waals surface area contributed by atoms with E-state index in [1.807, 2.05) is 0 Å². The van der Waals surface area contributed by atoms with Crippen molar-refractivity contribution >= 4 is 21.5 Å². The summed E-state index contributed by atoms with van der Waals surface area (Å²) >= 11 is 0. The molecule has 0 aromatic heterocycles. The number of nitrogens with zero attached hydrogens (tertiary/aromatic N) is 1. The van der Waals surface area contributed by atoms with Gasteiger partial charge < -0.3 is 9.84 Å². The van der Waals surface area contributed by atoms with Crippen molar-refractivity contribution in [3.05, 3.63) is 18.2 Å². The summed E-state index contributed by atoms with van der Waals surface area (Å²) in [5.74, 6) is 2.13. The van der Waals surface area contributed by atoms with Crippen LogP contribution in [-0.4, -0.2) is 33.8 Å². The van der Waals surface area contributed by atoms with Crippen molar-refractivity contribution in [2.24, 2.45) is 0 Å². The summed E-state index contributed by atoms with van der Waals surface area (Å²) in [5, 5.41) is 9.75. The van der Waals surface area contributed by atoms with Gasteiger partial charge in [0, 0.05) is 12.3 Å². The molecule has 2 N–H and O–H groups in total. The topological polar surface area (TPSA) is 90.7 Å². The zero-order chi connectivity index (χ0) is 17.1. The van der Waals surface area contributed by atoms with E-state index in [1.54, 1.807) is 20.8 Å². The maximum Gasteiger partial charge on any atom is 0.415 e. The lowest BCUT2D eigenvalue weighted by Gasteiger charge is -2.26. The Morgan fingerprint density at radius 2 is 2.05 bits per heavy atom. The summed E-state index contributed by atoms with van der Waals surface area (Å²) in [6, 6.07) is 3.91. The average molecular weight is 324 g/mol. The smallest absolute Gasteiger partial charge is 0.415 e. The Labute approximate surface area is 131 Å². The predicted molar refractivity (Wildman–Crippen MR) is 85.6 cm³/mol. The number of terminal acetylenes is 1. The molecule has 0 saturated heterocycles. The zero-order valence-corrected chi connectivity index (χ0v) is 13.9. The van der Waals surface area contributed by atoms with Gasteiger partial charge in [0.2, 0.25) is 0 Å². The third-order valence-electron chi connectivity index (χ3n) is 2.50. The van der Waals surface area contributed by atoms with E-state index in [2.05, 4.69) is 5.92 Å². The third-order valence-corrected chi connectivity index (χ3v) is 3.64. The summed E-state index contributed by atoms with van der Waals surface area (Å²) in [6.07, 6.45) is 5.82. The Hall–Kier alpha value is -2.20. The van der Waals surface area contributed by atoms with Crippen molar-refractivity contribution in [1.82, 2.24) is 0 Å². The number of aromatic hydroxyl groups is 1. The van der Waals surface area contributed by atoms with Gasteiger partial charge in [0.05, 0.1) is 26.9 Å². The van der Waals surface area contributed by atoms with E-state index in [0.717, 1.165) is 4.90 Å². The van der Waals surface area contributed by atoms with E-state index < -0.39 is 21.4 Å². The van der Waals surface area contributed by atoms with Crippen molar-refractivity contribution in [3.63, 3.8) is 0 Å². The number of anilines is 1. The van der Waals surface area contributed by atoms with Gasteiger partial charge >= 0.3 is 6.09 Å². The number of carbonyl (C=O) groups is 1. The normalized spacial score (nSPS) is 13.8. The van der Waals surface area contributed by atoms with Crippen molar-refractivity contribution < 1.29 is 18.8 Å². The van der Waals surface area contributed by atoms with Crippen LogP contribution in [0.3, 0.4) is 0 Å². The third kappa shape index (κ3) is 4.97. The first-order valence-electron chi connectivity index (χ1n) is 6.46. The molecule has 6 nitrogen and oxygen atoms in total. The quantitative estimate of drug-likeness (QED) is 0.836. The molecular formula is C15H20N2O4S. The zero-order valence-electron chi connectivity index (χ0n) is 13.0. The summed E-state index contributed by atoms with van der Waals surface area (Å²) in [5.41, 5.74) is -0.485. The van der Waals surface area contributed by atoms with E-state index in [4.69, 9.17) is 15.9 Å². The SMILES string of the molecule is C#CCN(C(=O)OC(C)(C)C)c1cc(O)cc(S(C)(=N)=O)c1. The molecule has 120 valence electrons. The minimum Gasteiger partial charge on any atom is -0.508 e. The highest BCUT2D eigenvalue weighted by molar-refractivity contribution is 7.91. The first-order valence-corrected chi connectivity index (χ1v) is 8.42. The van der Waals surface area contributed by atoms with Crippen LogP contribution in [0.15, 0.2) is 23.1 Å². The lowest BCUT2D eigenvalue weighted by molar-refractivity contribution is 0.0585. The van der Waals surface area contributed by atoms with Crippen LogP contribution in [0.2, 0.25) is 0 Å². The Morgan fingerprint density at radius 3 is 2.50 bits per heavy atom. The Bertz CT molecular complexity index is 712. The minimum absolute atomic E-state index is 0.0826. The molecule has 1 unspecified atom stereocenters. The lowest BCUT2D eigenvalue weighted by atomic mass is 10.2. The molecule has 1 amide bonds. The fourth-order valence-electron chi connectivity index (χ4n) is 1.62. The number of nitrogens with one attached hydrogen (secondary N) is 1. The van der Waals surface area contributed by atoms with Crippen LogP contribution in [-0.2, 0) is 14.5 Å². The molecule has 22 heavy (non-hydrogen) atoms. The number of benzene rings is 1. The second kappa shape index (κ2) is 6.28. The summed E-state index contributed by atoms with van der Waals surface area (Å²) in [6.45, 7) is 5.07. The van der Waals surface area contributed by atoms with E-state index in [9.17, 15) is 14.1 Å². The number of phenolic OH excluding ortho intramolecular Hbond substituents is 1. The predicted octanol–water partition coefficient (Wildman–Crippen LogP) is 2.80. The van der Waals surface area contributed by atoms with Gasteiger partial charge in [-0.3, -0.25) is 4.90 Å². The molecule has 0 radical (unpaired) electrons. The highest BCUT2D eigenvalue weighted by Crippen LogP contribution is 2.27. The molecule has 1 atom stereocenters. The van der Waals surface area contributed by atoms with Gasteiger partial charge in [-0.2, -0.15) is 0 Å². The standard InChI is InChI=1S/C15H20N2O4S/c1-6-7-17(14(19)21-15(2,3)4)11-8-12(18)10-13(9-11)22(5,16)20/h1,8-10,16,18H,7H2,2-5H3. The van der Waals surface area contributed by atoms with Crippen molar-refractivity contribution in [2.45, 2.75) is 31.3 Å². The van der Waals surface area contributed by atoms with E-state index >= 15 is 0 Å². The second-order valence-corrected chi connectivity index (χ2v) is 7.96. The van der Waals surface area contributed by atoms with Gasteiger partial charge in [-0.1, -0.05) is 5.92 Å². The van der Waals surface area contributed by atoms with Crippen LogP contribution in [0.5, 0.6) is 5.75 Å². The highest BCUT2D eigenvalue weighted by Gasteiger charge is 2.24. The first kappa shape index (κ1) is 17.9. The molecule has 0 spiro atoms. The molecule has 7 heteroatoms. The Balaban J connectivity index is 3.31. The van der Waals surface area contributed by atoms with Gasteiger partial charge in [0.15, 0.2) is 0 Å². The number of rotatable bonds is 3. The largest absolute Gasteiger partial charge is 0.508 e. The molecule has 0 bridgehead atoms. The number of carbonyl (C=O) groups excluding carboxylic acids is 1. The molecule has 0 aliphatic rings. The van der Waals surface area contributed by atoms with Crippen molar-refractivity contribution in [3.8, 4) is 18.1 Å². The van der Waals surface area contributed by atoms with Gasteiger partial charge in [-0.25, -0.2) is 13.8 Å². The molecule has 0 heterocycles. The Morgan fingerprint density at radius 1 is 1.45 bits per heavy atom. The van der Waals surface area contributed by atoms with Gasteiger partial charge in [0.25, 0.3) is 0 Å². The maximum absolute atomic E-state index is 12.2. The number of phenols is 1. The number of hydrogen-bond donors (Lipinski definition) is 2. The molecular weight excluding hydrogens is 304 g/mol.